The lowest BCUT2D eigenvalue weighted by Crippen LogP contribution is -2.29. The van der Waals surface area contributed by atoms with E-state index in [1.54, 1.807) is 35.8 Å². The van der Waals surface area contributed by atoms with Gasteiger partial charge in [0.25, 0.3) is 5.78 Å². The van der Waals surface area contributed by atoms with Crippen LogP contribution < -0.4 is 14.4 Å². The van der Waals surface area contributed by atoms with Crippen LogP contribution in [0.25, 0.3) is 5.76 Å². The zero-order valence-electron chi connectivity index (χ0n) is 20.5. The van der Waals surface area contributed by atoms with Crippen molar-refractivity contribution in [1.29, 1.82) is 0 Å². The number of aromatic nitrogens is 1. The molecule has 4 aromatic rings. The molecular formula is C30H24N2O5S. The van der Waals surface area contributed by atoms with Gasteiger partial charge in [-0.15, -0.1) is 11.3 Å². The highest BCUT2D eigenvalue weighted by atomic mass is 32.1. The van der Waals surface area contributed by atoms with Crippen LogP contribution >= 0.6 is 11.3 Å². The molecule has 190 valence electrons. The molecule has 1 fully saturated rings. The highest BCUT2D eigenvalue weighted by Gasteiger charge is 2.48. The number of hydrogen-bond donors (Lipinski definition) is 1. The number of aliphatic hydroxyl groups excluding tert-OH is 1. The molecule has 3 aromatic carbocycles. The molecular weight excluding hydrogens is 500 g/mol. The maximum Gasteiger partial charge on any atom is 0.301 e. The van der Waals surface area contributed by atoms with E-state index < -0.39 is 17.7 Å². The van der Waals surface area contributed by atoms with Crippen LogP contribution in [0.4, 0.5) is 5.13 Å². The van der Waals surface area contributed by atoms with Crippen LogP contribution in [0.5, 0.6) is 11.5 Å². The van der Waals surface area contributed by atoms with Crippen LogP contribution in [0.15, 0.2) is 89.9 Å². The number of rotatable bonds is 6. The third kappa shape index (κ3) is 4.33. The second-order valence-electron chi connectivity index (χ2n) is 9.28. The molecule has 0 radical (unpaired) electrons. The van der Waals surface area contributed by atoms with Crippen molar-refractivity contribution in [2.24, 2.45) is 0 Å². The lowest BCUT2D eigenvalue weighted by Gasteiger charge is -2.23. The predicted molar refractivity (Wildman–Crippen MR) is 144 cm³/mol. The van der Waals surface area contributed by atoms with Crippen molar-refractivity contribution in [3.05, 3.63) is 112 Å². The van der Waals surface area contributed by atoms with E-state index in [9.17, 15) is 14.7 Å². The Morgan fingerprint density at radius 3 is 2.63 bits per heavy atom. The molecule has 1 N–H and O–H groups in total. The Bertz CT molecular complexity index is 1530. The molecule has 2 aliphatic heterocycles. The number of benzene rings is 3. The van der Waals surface area contributed by atoms with Gasteiger partial charge in [-0.05, 0) is 53.9 Å². The lowest BCUT2D eigenvalue weighted by molar-refractivity contribution is -0.132. The first-order chi connectivity index (χ1) is 18.5. The maximum absolute atomic E-state index is 13.3. The van der Waals surface area contributed by atoms with Gasteiger partial charge in [-0.3, -0.25) is 14.5 Å². The summed E-state index contributed by atoms with van der Waals surface area (Å²) in [6.07, 6.45) is 2.33. The zero-order valence-corrected chi connectivity index (χ0v) is 21.4. The number of carbonyl (C=O) groups excluding carboxylic acids is 2. The molecule has 7 nitrogen and oxygen atoms in total. The molecule has 2 unspecified atom stereocenters. The second-order valence-corrected chi connectivity index (χ2v) is 10.2. The molecule has 2 aliphatic rings. The first-order valence-electron chi connectivity index (χ1n) is 12.3. The van der Waals surface area contributed by atoms with Gasteiger partial charge in [0.1, 0.15) is 30.0 Å². The molecule has 0 saturated carbocycles. The van der Waals surface area contributed by atoms with Crippen molar-refractivity contribution in [2.45, 2.75) is 32.1 Å². The molecule has 2 atom stereocenters. The summed E-state index contributed by atoms with van der Waals surface area (Å²) in [6, 6.07) is 21.5. The quantitative estimate of drug-likeness (QED) is 0.199. The molecule has 1 aromatic heterocycles. The van der Waals surface area contributed by atoms with Gasteiger partial charge in [-0.1, -0.05) is 42.5 Å². The van der Waals surface area contributed by atoms with Gasteiger partial charge in [0.2, 0.25) is 0 Å². The van der Waals surface area contributed by atoms with E-state index in [-0.39, 0.29) is 17.4 Å². The molecule has 38 heavy (non-hydrogen) atoms. The Labute approximate surface area is 223 Å². The number of fused-ring (bicyclic) bond motifs is 1. The Balaban J connectivity index is 1.38. The van der Waals surface area contributed by atoms with Crippen molar-refractivity contribution in [3.63, 3.8) is 0 Å². The smallest absolute Gasteiger partial charge is 0.301 e. The third-order valence-corrected chi connectivity index (χ3v) is 7.45. The monoisotopic (exact) mass is 524 g/mol. The number of anilines is 1. The molecule has 1 saturated heterocycles. The molecule has 0 bridgehead atoms. The van der Waals surface area contributed by atoms with Gasteiger partial charge in [-0.25, -0.2) is 4.98 Å². The Morgan fingerprint density at radius 2 is 1.89 bits per heavy atom. The fourth-order valence-electron chi connectivity index (χ4n) is 4.89. The summed E-state index contributed by atoms with van der Waals surface area (Å²) in [5, 5.41) is 13.5. The highest BCUT2D eigenvalue weighted by Crippen LogP contribution is 2.43. The van der Waals surface area contributed by atoms with E-state index in [1.165, 1.54) is 16.2 Å². The normalized spacial score (nSPS) is 19.9. The van der Waals surface area contributed by atoms with Crippen LogP contribution in [0.1, 0.15) is 35.2 Å². The topological polar surface area (TPSA) is 89.0 Å². The minimum atomic E-state index is -0.840. The van der Waals surface area contributed by atoms with Crippen molar-refractivity contribution < 1.29 is 24.2 Å². The van der Waals surface area contributed by atoms with Crippen LogP contribution in [-0.2, 0) is 22.6 Å². The van der Waals surface area contributed by atoms with Gasteiger partial charge in [0.15, 0.2) is 5.13 Å². The molecule has 8 heteroatoms. The number of aliphatic hydroxyl groups is 1. The van der Waals surface area contributed by atoms with Crippen LogP contribution in [0.3, 0.4) is 0 Å². The average molecular weight is 525 g/mol. The van der Waals surface area contributed by atoms with E-state index in [2.05, 4.69) is 4.98 Å². The van der Waals surface area contributed by atoms with Gasteiger partial charge < -0.3 is 14.6 Å². The van der Waals surface area contributed by atoms with E-state index in [0.717, 1.165) is 16.9 Å². The SMILES string of the molecule is CC1Cc2cc(C(O)=C3C(=O)C(=O)N(c4nccs4)C3c3ccc(OCc4ccccc4)cc3)ccc2O1. The highest BCUT2D eigenvalue weighted by molar-refractivity contribution is 7.14. The maximum atomic E-state index is 13.3. The standard InChI is InChI=1S/C30H24N2O5S/c1-18-15-22-16-21(9-12-24(22)37-18)27(33)25-26(32(29(35)28(25)34)30-31-13-14-38-30)20-7-10-23(11-8-20)36-17-19-5-3-2-4-6-19/h2-14,16,18,26,33H,15,17H2,1H3. The summed E-state index contributed by atoms with van der Waals surface area (Å²) in [4.78, 5) is 32.2. The summed E-state index contributed by atoms with van der Waals surface area (Å²) in [7, 11) is 0. The number of carbonyl (C=O) groups is 2. The summed E-state index contributed by atoms with van der Waals surface area (Å²) in [5.41, 5.74) is 3.14. The molecule has 6 rings (SSSR count). The van der Waals surface area contributed by atoms with Gasteiger partial charge in [0, 0.05) is 23.6 Å². The molecule has 0 aliphatic carbocycles. The number of Topliss-reactive ketones (excluding diaryl/α,β-unsaturated/α-hetero) is 1. The van der Waals surface area contributed by atoms with Crippen LogP contribution in [-0.4, -0.2) is 27.9 Å². The molecule has 3 heterocycles. The van der Waals surface area contributed by atoms with Crippen LogP contribution in [0, 0.1) is 0 Å². The molecule has 1 amide bonds. The van der Waals surface area contributed by atoms with Crippen molar-refractivity contribution >= 4 is 33.9 Å². The van der Waals surface area contributed by atoms with Crippen LogP contribution in [0.2, 0.25) is 0 Å². The minimum Gasteiger partial charge on any atom is -0.507 e. The fourth-order valence-corrected chi connectivity index (χ4v) is 5.56. The molecule has 0 spiro atoms. The Hall–Kier alpha value is -4.43. The number of amides is 1. The van der Waals surface area contributed by atoms with E-state index in [4.69, 9.17) is 9.47 Å². The number of thiazole rings is 1. The van der Waals surface area contributed by atoms with Crippen molar-refractivity contribution in [2.75, 3.05) is 4.90 Å². The van der Waals surface area contributed by atoms with Gasteiger partial charge in [-0.2, -0.15) is 0 Å². The Morgan fingerprint density at radius 1 is 1.11 bits per heavy atom. The summed E-state index contributed by atoms with van der Waals surface area (Å²) in [6.45, 7) is 2.39. The average Bonchev–Trinajstić information content (AvgIpc) is 3.65. The van der Waals surface area contributed by atoms with Gasteiger partial charge >= 0.3 is 5.91 Å². The number of nitrogens with zero attached hydrogens (tertiary/aromatic N) is 2. The number of ketones is 1. The first kappa shape index (κ1) is 23.9. The summed E-state index contributed by atoms with van der Waals surface area (Å²) >= 11 is 1.26. The van der Waals surface area contributed by atoms with E-state index in [0.29, 0.717) is 35.0 Å². The van der Waals surface area contributed by atoms with Crippen molar-refractivity contribution in [1.82, 2.24) is 4.98 Å². The van der Waals surface area contributed by atoms with E-state index >= 15 is 0 Å². The minimum absolute atomic E-state index is 0.0232. The fraction of sp³-hybridized carbons (Fsp3) is 0.167. The second kappa shape index (κ2) is 9.79. The number of hydrogen-bond acceptors (Lipinski definition) is 7. The number of ether oxygens (including phenoxy) is 2. The third-order valence-electron chi connectivity index (χ3n) is 6.68. The van der Waals surface area contributed by atoms with Gasteiger partial charge in [0.05, 0.1) is 11.6 Å². The van der Waals surface area contributed by atoms with E-state index in [1.807, 2.05) is 55.5 Å². The summed E-state index contributed by atoms with van der Waals surface area (Å²) < 4.78 is 11.7. The first-order valence-corrected chi connectivity index (χ1v) is 13.1. The zero-order chi connectivity index (χ0) is 26.2. The van der Waals surface area contributed by atoms with Crippen molar-refractivity contribution in [3.8, 4) is 11.5 Å². The lowest BCUT2D eigenvalue weighted by atomic mass is 9.94. The largest absolute Gasteiger partial charge is 0.507 e. The predicted octanol–water partition coefficient (Wildman–Crippen LogP) is 5.67. The Kier molecular flexibility index (Phi) is 6.17. The summed E-state index contributed by atoms with van der Waals surface area (Å²) in [5.74, 6) is -0.290.